The topological polar surface area (TPSA) is 32.6 Å². The van der Waals surface area contributed by atoms with Crippen LogP contribution in [-0.4, -0.2) is 16.4 Å². The van der Waals surface area contributed by atoms with Gasteiger partial charge in [0.15, 0.2) is 0 Å². The third-order valence-electron chi connectivity index (χ3n) is 2.54. The highest BCUT2D eigenvalue weighted by Gasteiger charge is 2.16. The number of nitrogens with zero attached hydrogens (tertiary/aromatic N) is 1. The van der Waals surface area contributed by atoms with E-state index in [-0.39, 0.29) is 0 Å². The van der Waals surface area contributed by atoms with Gasteiger partial charge in [-0.3, -0.25) is 4.99 Å². The van der Waals surface area contributed by atoms with Gasteiger partial charge in [0.05, 0.1) is 11.3 Å². The van der Waals surface area contributed by atoms with E-state index in [4.69, 9.17) is 0 Å². The average Bonchev–Trinajstić information content (AvgIpc) is 2.09. The highest BCUT2D eigenvalue weighted by Crippen LogP contribution is 2.21. The fourth-order valence-corrected chi connectivity index (χ4v) is 1.16. The Bertz CT molecular complexity index is 386. The molecule has 0 radical (unpaired) electrons. The molecule has 0 aliphatic heterocycles. The molecule has 0 saturated carbocycles. The van der Waals surface area contributed by atoms with Crippen LogP contribution in [0.4, 0.5) is 5.69 Å². The number of hydrogen-bond donors (Lipinski definition) is 1. The molecule has 0 heterocycles. The van der Waals surface area contributed by atoms with Crippen molar-refractivity contribution >= 4 is 11.4 Å². The van der Waals surface area contributed by atoms with Gasteiger partial charge >= 0.3 is 0 Å². The lowest BCUT2D eigenvalue weighted by Crippen LogP contribution is -2.28. The molecule has 0 aliphatic carbocycles. The van der Waals surface area contributed by atoms with Crippen LogP contribution >= 0.6 is 0 Å². The van der Waals surface area contributed by atoms with Gasteiger partial charge in [0.25, 0.3) is 0 Å². The number of benzene rings is 1. The molecule has 0 aromatic heterocycles. The summed E-state index contributed by atoms with van der Waals surface area (Å²) >= 11 is 0. The Hall–Kier alpha value is -1.15. The first-order chi connectivity index (χ1) is 6.80. The summed E-state index contributed by atoms with van der Waals surface area (Å²) in [5.41, 5.74) is 3.13. The van der Waals surface area contributed by atoms with Gasteiger partial charge < -0.3 is 5.11 Å². The second kappa shape index (κ2) is 4.15. The van der Waals surface area contributed by atoms with Gasteiger partial charge in [-0.1, -0.05) is 12.1 Å². The average molecular weight is 205 g/mol. The van der Waals surface area contributed by atoms with Gasteiger partial charge in [-0.2, -0.15) is 0 Å². The molecular weight excluding hydrogens is 186 g/mol. The number of aliphatic imine (C=N–C) groups is 1. The lowest BCUT2D eigenvalue weighted by Gasteiger charge is -2.17. The first-order valence-corrected chi connectivity index (χ1v) is 5.16. The molecule has 82 valence electrons. The van der Waals surface area contributed by atoms with Crippen LogP contribution in [0.1, 0.15) is 31.9 Å². The molecule has 1 rings (SSSR count). The van der Waals surface area contributed by atoms with Crippen LogP contribution in [0.25, 0.3) is 0 Å². The van der Waals surface area contributed by atoms with Crippen LogP contribution in [0.15, 0.2) is 23.2 Å². The summed E-state index contributed by atoms with van der Waals surface area (Å²) in [6.45, 7) is 9.41. The van der Waals surface area contributed by atoms with E-state index in [1.165, 1.54) is 5.56 Å². The maximum absolute atomic E-state index is 9.78. The van der Waals surface area contributed by atoms with E-state index >= 15 is 0 Å². The van der Waals surface area contributed by atoms with E-state index in [1.807, 2.05) is 32.9 Å². The van der Waals surface area contributed by atoms with Gasteiger partial charge in [0.2, 0.25) is 0 Å². The Labute approximate surface area is 91.7 Å². The van der Waals surface area contributed by atoms with Crippen LogP contribution in [0.2, 0.25) is 0 Å². The summed E-state index contributed by atoms with van der Waals surface area (Å²) < 4.78 is 0. The van der Waals surface area contributed by atoms with Gasteiger partial charge in [-0.25, -0.2) is 0 Å². The van der Waals surface area contributed by atoms with E-state index in [1.54, 1.807) is 13.8 Å². The van der Waals surface area contributed by atoms with Crippen molar-refractivity contribution in [2.24, 2.45) is 4.99 Å². The minimum Gasteiger partial charge on any atom is -0.385 e. The third kappa shape index (κ3) is 3.17. The fourth-order valence-electron chi connectivity index (χ4n) is 1.16. The standard InChI is InChI=1S/C13H19NO/c1-9-6-7-10(2)12(8-9)14-11(3)13(4,5)15/h6-8,15H,1-5H3. The van der Waals surface area contributed by atoms with E-state index < -0.39 is 5.60 Å². The van der Waals surface area contributed by atoms with Gasteiger partial charge in [0.1, 0.15) is 0 Å². The summed E-state index contributed by atoms with van der Waals surface area (Å²) in [7, 11) is 0. The number of hydrogen-bond acceptors (Lipinski definition) is 2. The second-order valence-corrected chi connectivity index (χ2v) is 4.55. The van der Waals surface area contributed by atoms with Crippen molar-refractivity contribution in [3.8, 4) is 0 Å². The first kappa shape index (κ1) is 11.9. The predicted molar refractivity (Wildman–Crippen MR) is 65.0 cm³/mol. The van der Waals surface area contributed by atoms with Crippen LogP contribution in [0.5, 0.6) is 0 Å². The second-order valence-electron chi connectivity index (χ2n) is 4.55. The number of aryl methyl sites for hydroxylation is 2. The monoisotopic (exact) mass is 205 g/mol. The third-order valence-corrected chi connectivity index (χ3v) is 2.54. The van der Waals surface area contributed by atoms with Crippen molar-refractivity contribution in [1.82, 2.24) is 0 Å². The molecule has 15 heavy (non-hydrogen) atoms. The van der Waals surface area contributed by atoms with Crippen LogP contribution in [0, 0.1) is 13.8 Å². The molecule has 2 heteroatoms. The molecule has 0 spiro atoms. The van der Waals surface area contributed by atoms with Crippen molar-refractivity contribution < 1.29 is 5.11 Å². The Balaban J connectivity index is 3.13. The molecule has 1 aromatic carbocycles. The molecular formula is C13H19NO. The zero-order valence-corrected chi connectivity index (χ0v) is 10.1. The smallest absolute Gasteiger partial charge is 0.0968 e. The normalized spacial score (nSPS) is 13.1. The first-order valence-electron chi connectivity index (χ1n) is 5.16. The Morgan fingerprint density at radius 2 is 1.87 bits per heavy atom. The van der Waals surface area contributed by atoms with Crippen molar-refractivity contribution in [3.63, 3.8) is 0 Å². The zero-order chi connectivity index (χ0) is 11.6. The Morgan fingerprint density at radius 1 is 1.27 bits per heavy atom. The largest absolute Gasteiger partial charge is 0.385 e. The minimum absolute atomic E-state index is 0.733. The van der Waals surface area contributed by atoms with E-state index in [0.29, 0.717) is 0 Å². The molecule has 0 unspecified atom stereocenters. The fraction of sp³-hybridized carbons (Fsp3) is 0.462. The summed E-state index contributed by atoms with van der Waals surface area (Å²) in [5, 5.41) is 9.78. The summed E-state index contributed by atoms with van der Waals surface area (Å²) in [6, 6.07) is 6.14. The summed E-state index contributed by atoms with van der Waals surface area (Å²) in [6.07, 6.45) is 0. The van der Waals surface area contributed by atoms with Gasteiger partial charge in [-0.15, -0.1) is 0 Å². The lowest BCUT2D eigenvalue weighted by molar-refractivity contribution is 0.153. The van der Waals surface area contributed by atoms with Crippen LogP contribution < -0.4 is 0 Å². The van der Waals surface area contributed by atoms with Gasteiger partial charge in [-0.05, 0) is 51.8 Å². The highest BCUT2D eigenvalue weighted by atomic mass is 16.3. The molecule has 1 N–H and O–H groups in total. The van der Waals surface area contributed by atoms with Crippen LogP contribution in [0.3, 0.4) is 0 Å². The summed E-state index contributed by atoms with van der Waals surface area (Å²) in [5.74, 6) is 0. The molecule has 0 bridgehead atoms. The Morgan fingerprint density at radius 3 is 2.40 bits per heavy atom. The molecule has 0 saturated heterocycles. The van der Waals surface area contributed by atoms with Gasteiger partial charge in [0, 0.05) is 5.71 Å². The minimum atomic E-state index is -0.851. The van der Waals surface area contributed by atoms with Crippen LogP contribution in [-0.2, 0) is 0 Å². The molecule has 1 aromatic rings. The molecule has 0 amide bonds. The molecule has 2 nitrogen and oxygen atoms in total. The van der Waals surface area contributed by atoms with E-state index in [0.717, 1.165) is 17.0 Å². The van der Waals surface area contributed by atoms with Crippen molar-refractivity contribution in [2.75, 3.05) is 0 Å². The number of rotatable bonds is 2. The highest BCUT2D eigenvalue weighted by molar-refractivity contribution is 5.91. The van der Waals surface area contributed by atoms with Crippen molar-refractivity contribution in [1.29, 1.82) is 0 Å². The van der Waals surface area contributed by atoms with Crippen molar-refractivity contribution in [2.45, 2.75) is 40.2 Å². The Kier molecular flexibility index (Phi) is 3.30. The SMILES string of the molecule is CC(=Nc1cc(C)ccc1C)C(C)(C)O. The van der Waals surface area contributed by atoms with Crippen molar-refractivity contribution in [3.05, 3.63) is 29.3 Å². The lowest BCUT2D eigenvalue weighted by atomic mass is 10.0. The maximum atomic E-state index is 9.78. The van der Waals surface area contributed by atoms with E-state index in [9.17, 15) is 5.11 Å². The van der Waals surface area contributed by atoms with E-state index in [2.05, 4.69) is 11.1 Å². The predicted octanol–water partition coefficient (Wildman–Crippen LogP) is 3.17. The quantitative estimate of drug-likeness (QED) is 0.739. The molecule has 0 atom stereocenters. The molecule has 0 fully saturated rings. The summed E-state index contributed by atoms with van der Waals surface area (Å²) in [4.78, 5) is 4.46. The zero-order valence-electron chi connectivity index (χ0n) is 10.1. The maximum Gasteiger partial charge on any atom is 0.0968 e. The number of aliphatic hydroxyl groups is 1. The molecule has 0 aliphatic rings.